The molecule has 0 aliphatic heterocycles. The number of likely N-dealkylation sites (N-methyl/N-ethyl adjacent to an activating group) is 1. The van der Waals surface area contributed by atoms with E-state index in [1.807, 2.05) is 0 Å². The quantitative estimate of drug-likeness (QED) is 0.857. The third-order valence-corrected chi connectivity index (χ3v) is 4.64. The van der Waals surface area contributed by atoms with Crippen LogP contribution in [0.2, 0.25) is 0 Å². The lowest BCUT2D eigenvalue weighted by molar-refractivity contribution is 0.0336. The molecule has 3 heteroatoms. The van der Waals surface area contributed by atoms with Crippen molar-refractivity contribution in [3.63, 3.8) is 0 Å². The number of aliphatic hydroxyl groups is 1. The lowest BCUT2D eigenvalue weighted by atomic mass is 9.96. The Morgan fingerprint density at radius 2 is 1.90 bits per heavy atom. The first-order chi connectivity index (χ1) is 10.2. The number of hydrogen-bond donors (Lipinski definition) is 2. The Kier molecular flexibility index (Phi) is 3.87. The van der Waals surface area contributed by atoms with Gasteiger partial charge in [0.25, 0.3) is 0 Å². The Morgan fingerprint density at radius 3 is 2.57 bits per heavy atom. The number of rotatable bonds is 6. The fourth-order valence-corrected chi connectivity index (χ4v) is 3.16. The molecule has 1 aliphatic carbocycles. The molecule has 0 amide bonds. The SMILES string of the molecule is CCN(CC(O)(CN)C1CC1)c1cccc2ccccc12. The van der Waals surface area contributed by atoms with Gasteiger partial charge in [-0.25, -0.2) is 0 Å². The summed E-state index contributed by atoms with van der Waals surface area (Å²) in [5, 5.41) is 13.3. The van der Waals surface area contributed by atoms with E-state index >= 15 is 0 Å². The molecule has 1 fully saturated rings. The van der Waals surface area contributed by atoms with Gasteiger partial charge in [-0.05, 0) is 37.1 Å². The average Bonchev–Trinajstić information content (AvgIpc) is 3.37. The van der Waals surface area contributed by atoms with Crippen molar-refractivity contribution < 1.29 is 5.11 Å². The van der Waals surface area contributed by atoms with Crippen molar-refractivity contribution >= 4 is 16.5 Å². The maximum absolute atomic E-state index is 10.8. The van der Waals surface area contributed by atoms with Crippen molar-refractivity contribution in [3.05, 3.63) is 42.5 Å². The molecule has 0 spiro atoms. The molecule has 0 radical (unpaired) electrons. The van der Waals surface area contributed by atoms with E-state index in [2.05, 4.69) is 54.3 Å². The molecule has 1 unspecified atom stereocenters. The topological polar surface area (TPSA) is 49.5 Å². The number of benzene rings is 2. The highest BCUT2D eigenvalue weighted by molar-refractivity contribution is 5.94. The van der Waals surface area contributed by atoms with Gasteiger partial charge in [-0.1, -0.05) is 36.4 Å². The molecule has 1 saturated carbocycles. The minimum absolute atomic E-state index is 0.332. The van der Waals surface area contributed by atoms with Gasteiger partial charge in [0.1, 0.15) is 0 Å². The molecule has 0 aromatic heterocycles. The van der Waals surface area contributed by atoms with Crippen LogP contribution in [-0.2, 0) is 0 Å². The summed E-state index contributed by atoms with van der Waals surface area (Å²) in [7, 11) is 0. The van der Waals surface area contributed by atoms with E-state index < -0.39 is 5.60 Å². The monoisotopic (exact) mass is 284 g/mol. The summed E-state index contributed by atoms with van der Waals surface area (Å²) in [5.41, 5.74) is 6.29. The van der Waals surface area contributed by atoms with Crippen LogP contribution in [0.5, 0.6) is 0 Å². The molecule has 2 aromatic carbocycles. The first-order valence-electron chi connectivity index (χ1n) is 7.83. The molecular formula is C18H24N2O. The molecule has 0 bridgehead atoms. The molecular weight excluding hydrogens is 260 g/mol. The van der Waals surface area contributed by atoms with Crippen LogP contribution in [0.1, 0.15) is 19.8 Å². The van der Waals surface area contributed by atoms with Crippen molar-refractivity contribution in [2.45, 2.75) is 25.4 Å². The molecule has 21 heavy (non-hydrogen) atoms. The second-order valence-corrected chi connectivity index (χ2v) is 6.09. The number of fused-ring (bicyclic) bond motifs is 1. The third kappa shape index (κ3) is 2.76. The normalized spacial score (nSPS) is 17.7. The zero-order valence-corrected chi connectivity index (χ0v) is 12.6. The second kappa shape index (κ2) is 5.66. The van der Waals surface area contributed by atoms with Gasteiger partial charge in [0, 0.05) is 30.7 Å². The first kappa shape index (κ1) is 14.4. The lowest BCUT2D eigenvalue weighted by Gasteiger charge is -2.35. The van der Waals surface area contributed by atoms with Crippen LogP contribution >= 0.6 is 0 Å². The van der Waals surface area contributed by atoms with Crippen LogP contribution in [-0.4, -0.2) is 30.3 Å². The Labute approximate surface area is 126 Å². The van der Waals surface area contributed by atoms with Crippen molar-refractivity contribution in [1.82, 2.24) is 0 Å². The largest absolute Gasteiger partial charge is 0.386 e. The van der Waals surface area contributed by atoms with E-state index in [1.165, 1.54) is 16.5 Å². The maximum Gasteiger partial charge on any atom is 0.0970 e. The minimum atomic E-state index is -0.757. The maximum atomic E-state index is 10.8. The molecule has 1 atom stereocenters. The zero-order valence-electron chi connectivity index (χ0n) is 12.6. The summed E-state index contributed by atoms with van der Waals surface area (Å²) in [6.07, 6.45) is 2.20. The Hall–Kier alpha value is -1.58. The van der Waals surface area contributed by atoms with E-state index in [4.69, 9.17) is 5.73 Å². The van der Waals surface area contributed by atoms with Gasteiger partial charge in [-0.3, -0.25) is 0 Å². The van der Waals surface area contributed by atoms with Crippen LogP contribution in [0, 0.1) is 5.92 Å². The van der Waals surface area contributed by atoms with Gasteiger partial charge in [0.2, 0.25) is 0 Å². The fourth-order valence-electron chi connectivity index (χ4n) is 3.16. The van der Waals surface area contributed by atoms with Gasteiger partial charge in [-0.2, -0.15) is 0 Å². The van der Waals surface area contributed by atoms with Crippen LogP contribution in [0.15, 0.2) is 42.5 Å². The van der Waals surface area contributed by atoms with Crippen LogP contribution < -0.4 is 10.6 Å². The number of anilines is 1. The predicted octanol–water partition coefficient (Wildman–Crippen LogP) is 2.77. The third-order valence-electron chi connectivity index (χ3n) is 4.64. The van der Waals surface area contributed by atoms with E-state index in [-0.39, 0.29) is 0 Å². The highest BCUT2D eigenvalue weighted by Gasteiger charge is 2.43. The standard InChI is InChI=1S/C18H24N2O/c1-2-20(13-18(21,12-19)15-10-11-15)17-9-5-7-14-6-3-4-8-16(14)17/h3-9,15,21H,2,10-13,19H2,1H3. The summed E-state index contributed by atoms with van der Waals surface area (Å²) < 4.78 is 0. The number of hydrogen-bond acceptors (Lipinski definition) is 3. The summed E-state index contributed by atoms with van der Waals surface area (Å²) in [6, 6.07) is 14.7. The molecule has 0 heterocycles. The van der Waals surface area contributed by atoms with Crippen LogP contribution in [0.3, 0.4) is 0 Å². The lowest BCUT2D eigenvalue weighted by Crippen LogP contribution is -2.50. The average molecular weight is 284 g/mol. The summed E-state index contributed by atoms with van der Waals surface area (Å²) in [4.78, 5) is 2.26. The summed E-state index contributed by atoms with van der Waals surface area (Å²) in [5.74, 6) is 0.367. The number of nitrogens with two attached hydrogens (primary N) is 1. The van der Waals surface area contributed by atoms with E-state index in [9.17, 15) is 5.11 Å². The van der Waals surface area contributed by atoms with Crippen molar-refractivity contribution in [2.75, 3.05) is 24.5 Å². The molecule has 2 aromatic rings. The van der Waals surface area contributed by atoms with Gasteiger partial charge in [0.05, 0.1) is 5.60 Å². The Bertz CT molecular complexity index is 618. The van der Waals surface area contributed by atoms with Crippen molar-refractivity contribution in [2.24, 2.45) is 11.7 Å². The Balaban J connectivity index is 1.95. The van der Waals surface area contributed by atoms with Gasteiger partial charge in [-0.15, -0.1) is 0 Å². The fraction of sp³-hybridized carbons (Fsp3) is 0.444. The zero-order chi connectivity index (χ0) is 14.9. The molecule has 112 valence electrons. The predicted molar refractivity (Wildman–Crippen MR) is 88.6 cm³/mol. The van der Waals surface area contributed by atoms with Crippen molar-refractivity contribution in [3.8, 4) is 0 Å². The molecule has 1 aliphatic rings. The molecule has 3 nitrogen and oxygen atoms in total. The van der Waals surface area contributed by atoms with Crippen LogP contribution in [0.4, 0.5) is 5.69 Å². The highest BCUT2D eigenvalue weighted by Crippen LogP contribution is 2.40. The smallest absolute Gasteiger partial charge is 0.0970 e. The Morgan fingerprint density at radius 1 is 1.19 bits per heavy atom. The van der Waals surface area contributed by atoms with Gasteiger partial charge >= 0.3 is 0 Å². The highest BCUT2D eigenvalue weighted by atomic mass is 16.3. The van der Waals surface area contributed by atoms with Crippen LogP contribution in [0.25, 0.3) is 10.8 Å². The summed E-state index contributed by atoms with van der Waals surface area (Å²) >= 11 is 0. The molecule has 3 rings (SSSR count). The van der Waals surface area contributed by atoms with E-state index in [0.717, 1.165) is 19.4 Å². The second-order valence-electron chi connectivity index (χ2n) is 6.09. The van der Waals surface area contributed by atoms with E-state index in [1.54, 1.807) is 0 Å². The molecule has 3 N–H and O–H groups in total. The first-order valence-corrected chi connectivity index (χ1v) is 7.83. The van der Waals surface area contributed by atoms with Gasteiger partial charge < -0.3 is 15.7 Å². The van der Waals surface area contributed by atoms with Gasteiger partial charge in [0.15, 0.2) is 0 Å². The number of nitrogens with zero attached hydrogens (tertiary/aromatic N) is 1. The van der Waals surface area contributed by atoms with E-state index in [0.29, 0.717) is 19.0 Å². The van der Waals surface area contributed by atoms with Crippen molar-refractivity contribution in [1.29, 1.82) is 0 Å². The minimum Gasteiger partial charge on any atom is -0.386 e. The summed E-state index contributed by atoms with van der Waals surface area (Å²) in [6.45, 7) is 3.94. The molecule has 0 saturated heterocycles.